The molecule has 12 heavy (non-hydrogen) atoms. The van der Waals surface area contributed by atoms with Gasteiger partial charge in [-0.25, -0.2) is 0 Å². The lowest BCUT2D eigenvalue weighted by atomic mass is 10.3. The SMILES string of the molecule is Oc1[c]c(OCC2CC2)ccc1. The third-order valence-electron chi connectivity index (χ3n) is 1.92. The van der Waals surface area contributed by atoms with Crippen LogP contribution in [0.1, 0.15) is 12.8 Å². The van der Waals surface area contributed by atoms with Crippen molar-refractivity contribution in [3.8, 4) is 11.5 Å². The van der Waals surface area contributed by atoms with Crippen molar-refractivity contribution in [2.45, 2.75) is 12.8 Å². The van der Waals surface area contributed by atoms with Crippen molar-refractivity contribution in [2.24, 2.45) is 5.92 Å². The molecule has 2 rings (SSSR count). The average molecular weight is 163 g/mol. The van der Waals surface area contributed by atoms with E-state index in [4.69, 9.17) is 9.84 Å². The van der Waals surface area contributed by atoms with Gasteiger partial charge in [0.15, 0.2) is 0 Å². The van der Waals surface area contributed by atoms with Gasteiger partial charge in [0.25, 0.3) is 0 Å². The fourth-order valence-electron chi connectivity index (χ4n) is 1.01. The quantitative estimate of drug-likeness (QED) is 0.738. The summed E-state index contributed by atoms with van der Waals surface area (Å²) in [5.41, 5.74) is 0. The van der Waals surface area contributed by atoms with Crippen LogP contribution < -0.4 is 4.74 Å². The van der Waals surface area contributed by atoms with Crippen LogP contribution in [0.15, 0.2) is 18.2 Å². The van der Waals surface area contributed by atoms with Crippen LogP contribution in [-0.2, 0) is 0 Å². The van der Waals surface area contributed by atoms with Crippen LogP contribution in [0.4, 0.5) is 0 Å². The predicted molar refractivity (Wildman–Crippen MR) is 45.2 cm³/mol. The summed E-state index contributed by atoms with van der Waals surface area (Å²) in [6, 6.07) is 7.88. The van der Waals surface area contributed by atoms with Crippen LogP contribution >= 0.6 is 0 Å². The first-order chi connectivity index (χ1) is 5.84. The van der Waals surface area contributed by atoms with E-state index in [1.165, 1.54) is 12.8 Å². The Morgan fingerprint density at radius 2 is 2.33 bits per heavy atom. The van der Waals surface area contributed by atoms with E-state index < -0.39 is 0 Å². The van der Waals surface area contributed by atoms with Crippen molar-refractivity contribution in [3.63, 3.8) is 0 Å². The summed E-state index contributed by atoms with van der Waals surface area (Å²) < 4.78 is 5.40. The highest BCUT2D eigenvalue weighted by Crippen LogP contribution is 2.29. The molecule has 1 saturated carbocycles. The van der Waals surface area contributed by atoms with Crippen LogP contribution in [0.3, 0.4) is 0 Å². The van der Waals surface area contributed by atoms with Crippen molar-refractivity contribution < 1.29 is 9.84 Å². The summed E-state index contributed by atoms with van der Waals surface area (Å²) >= 11 is 0. The minimum absolute atomic E-state index is 0.142. The van der Waals surface area contributed by atoms with Gasteiger partial charge in [-0.05, 0) is 30.9 Å². The monoisotopic (exact) mass is 163 g/mol. The predicted octanol–water partition coefficient (Wildman–Crippen LogP) is 1.98. The fraction of sp³-hybridized carbons (Fsp3) is 0.400. The second-order valence-electron chi connectivity index (χ2n) is 3.15. The van der Waals surface area contributed by atoms with Gasteiger partial charge in [-0.2, -0.15) is 0 Å². The van der Waals surface area contributed by atoms with E-state index in [0.29, 0.717) is 5.75 Å². The van der Waals surface area contributed by atoms with E-state index in [0.717, 1.165) is 12.5 Å². The molecular weight excluding hydrogens is 152 g/mol. The molecule has 1 N–H and O–H groups in total. The Hall–Kier alpha value is -1.18. The van der Waals surface area contributed by atoms with Crippen LogP contribution in [0.2, 0.25) is 0 Å². The number of phenols is 1. The number of phenolic OH excluding ortho intramolecular Hbond substituents is 1. The molecule has 0 bridgehead atoms. The van der Waals surface area contributed by atoms with Crippen LogP contribution in [0, 0.1) is 12.0 Å². The Balaban J connectivity index is 1.92. The molecule has 0 aliphatic heterocycles. The normalized spacial score (nSPS) is 16.0. The zero-order chi connectivity index (χ0) is 8.39. The molecule has 2 heteroatoms. The summed E-state index contributed by atoms with van der Waals surface area (Å²) in [7, 11) is 0. The smallest absolute Gasteiger partial charge is 0.131 e. The minimum atomic E-state index is 0.142. The first-order valence-electron chi connectivity index (χ1n) is 4.19. The highest BCUT2D eigenvalue weighted by molar-refractivity contribution is 5.29. The fourth-order valence-corrected chi connectivity index (χ4v) is 1.01. The van der Waals surface area contributed by atoms with Gasteiger partial charge in [0.05, 0.1) is 12.7 Å². The summed E-state index contributed by atoms with van der Waals surface area (Å²) in [4.78, 5) is 0. The molecule has 1 radical (unpaired) electrons. The number of hydrogen-bond acceptors (Lipinski definition) is 2. The number of benzene rings is 1. The summed E-state index contributed by atoms with van der Waals surface area (Å²) in [5.74, 6) is 1.52. The van der Waals surface area contributed by atoms with Gasteiger partial charge in [-0.1, -0.05) is 6.07 Å². The molecule has 0 saturated heterocycles. The lowest BCUT2D eigenvalue weighted by molar-refractivity contribution is 0.297. The summed E-state index contributed by atoms with van der Waals surface area (Å²) in [5, 5.41) is 9.06. The second-order valence-corrected chi connectivity index (χ2v) is 3.15. The zero-order valence-electron chi connectivity index (χ0n) is 6.79. The lowest BCUT2D eigenvalue weighted by Crippen LogP contribution is -1.98. The molecule has 0 aromatic heterocycles. The molecular formula is C10H11O2. The van der Waals surface area contributed by atoms with Gasteiger partial charge < -0.3 is 9.84 Å². The third kappa shape index (κ3) is 1.91. The van der Waals surface area contributed by atoms with Crippen molar-refractivity contribution in [1.82, 2.24) is 0 Å². The Morgan fingerprint density at radius 3 is 3.00 bits per heavy atom. The van der Waals surface area contributed by atoms with E-state index in [-0.39, 0.29) is 5.75 Å². The van der Waals surface area contributed by atoms with E-state index in [2.05, 4.69) is 6.07 Å². The van der Waals surface area contributed by atoms with E-state index >= 15 is 0 Å². The first kappa shape index (κ1) is 7.47. The summed E-state index contributed by atoms with van der Waals surface area (Å²) in [6.07, 6.45) is 2.55. The lowest BCUT2D eigenvalue weighted by Gasteiger charge is -2.03. The average Bonchev–Trinajstić information content (AvgIpc) is 2.84. The van der Waals surface area contributed by atoms with Gasteiger partial charge >= 0.3 is 0 Å². The molecule has 0 heterocycles. The Bertz CT molecular complexity index is 266. The topological polar surface area (TPSA) is 29.5 Å². The second kappa shape index (κ2) is 3.05. The first-order valence-corrected chi connectivity index (χ1v) is 4.19. The van der Waals surface area contributed by atoms with Crippen molar-refractivity contribution in [2.75, 3.05) is 6.61 Å². The van der Waals surface area contributed by atoms with E-state index in [9.17, 15) is 0 Å². The van der Waals surface area contributed by atoms with Crippen molar-refractivity contribution >= 4 is 0 Å². The van der Waals surface area contributed by atoms with Gasteiger partial charge in [-0.3, -0.25) is 0 Å². The number of hydrogen-bond donors (Lipinski definition) is 1. The maximum absolute atomic E-state index is 9.06. The standard InChI is InChI=1S/C10H11O2/c11-9-2-1-3-10(6-9)12-7-8-4-5-8/h1-3,8,11H,4-5,7H2. The van der Waals surface area contributed by atoms with E-state index in [1.807, 2.05) is 6.07 Å². The van der Waals surface area contributed by atoms with Crippen molar-refractivity contribution in [3.05, 3.63) is 24.3 Å². The number of rotatable bonds is 3. The highest BCUT2D eigenvalue weighted by Gasteiger charge is 2.21. The Kier molecular flexibility index (Phi) is 1.90. The van der Waals surface area contributed by atoms with Gasteiger partial charge in [0.2, 0.25) is 0 Å². The molecule has 2 nitrogen and oxygen atoms in total. The molecule has 63 valence electrons. The molecule has 0 atom stereocenters. The minimum Gasteiger partial charge on any atom is -0.507 e. The molecule has 1 aromatic rings. The van der Waals surface area contributed by atoms with Crippen LogP contribution in [-0.4, -0.2) is 11.7 Å². The molecule has 0 unspecified atom stereocenters. The maximum atomic E-state index is 9.06. The largest absolute Gasteiger partial charge is 0.507 e. The Morgan fingerprint density at radius 1 is 1.50 bits per heavy atom. The van der Waals surface area contributed by atoms with Gasteiger partial charge in [0, 0.05) is 0 Å². The van der Waals surface area contributed by atoms with Crippen molar-refractivity contribution in [1.29, 1.82) is 0 Å². The molecule has 1 fully saturated rings. The number of aromatic hydroxyl groups is 1. The van der Waals surface area contributed by atoms with Gasteiger partial charge in [-0.15, -0.1) is 0 Å². The van der Waals surface area contributed by atoms with Crippen LogP contribution in [0.25, 0.3) is 0 Å². The Labute approximate surface area is 71.8 Å². The molecule has 0 amide bonds. The molecule has 1 aliphatic rings. The third-order valence-corrected chi connectivity index (χ3v) is 1.92. The van der Waals surface area contributed by atoms with Crippen LogP contribution in [0.5, 0.6) is 11.5 Å². The number of ether oxygens (including phenoxy) is 1. The van der Waals surface area contributed by atoms with Gasteiger partial charge in [0.1, 0.15) is 11.5 Å². The molecule has 1 aliphatic carbocycles. The van der Waals surface area contributed by atoms with E-state index in [1.54, 1.807) is 12.1 Å². The zero-order valence-corrected chi connectivity index (χ0v) is 6.79. The maximum Gasteiger partial charge on any atom is 0.131 e. The molecule has 0 spiro atoms. The highest BCUT2D eigenvalue weighted by atomic mass is 16.5. The molecule has 1 aromatic carbocycles. The summed E-state index contributed by atoms with van der Waals surface area (Å²) in [6.45, 7) is 0.764.